The summed E-state index contributed by atoms with van der Waals surface area (Å²) >= 11 is 0. The van der Waals surface area contributed by atoms with E-state index in [-0.39, 0.29) is 29.6 Å². The predicted molar refractivity (Wildman–Crippen MR) is 76.7 cm³/mol. The van der Waals surface area contributed by atoms with Crippen molar-refractivity contribution in [1.82, 2.24) is 9.21 Å². The number of aryl methyl sites for hydroxylation is 2. The van der Waals surface area contributed by atoms with Gasteiger partial charge in [-0.2, -0.15) is 4.31 Å². The van der Waals surface area contributed by atoms with Gasteiger partial charge in [0, 0.05) is 20.1 Å². The van der Waals surface area contributed by atoms with Crippen LogP contribution in [0.1, 0.15) is 11.1 Å². The quantitative estimate of drug-likeness (QED) is 0.798. The minimum absolute atomic E-state index is 0.0814. The molecule has 1 heterocycles. The van der Waals surface area contributed by atoms with E-state index in [9.17, 15) is 13.2 Å². The van der Waals surface area contributed by atoms with Crippen molar-refractivity contribution in [3.05, 3.63) is 23.3 Å². The Hall–Kier alpha value is -1.60. The van der Waals surface area contributed by atoms with Crippen LogP contribution >= 0.6 is 0 Å². The standard InChI is InChI=1S/C13H19N3O3S/c1-9-6-11(14)12(7-10(9)2)20(18,19)16-5-4-15(3)13(17)8-16/h6-7H,4-5,8,14H2,1-3H3. The van der Waals surface area contributed by atoms with Gasteiger partial charge in [-0.25, -0.2) is 8.42 Å². The molecule has 1 amide bonds. The molecule has 1 aromatic carbocycles. The van der Waals surface area contributed by atoms with E-state index in [4.69, 9.17) is 5.73 Å². The third kappa shape index (κ3) is 2.51. The number of hydrogen-bond acceptors (Lipinski definition) is 4. The number of nitrogen functional groups attached to an aromatic ring is 1. The molecule has 20 heavy (non-hydrogen) atoms. The van der Waals surface area contributed by atoms with Crippen LogP contribution in [0.3, 0.4) is 0 Å². The SMILES string of the molecule is Cc1cc(N)c(S(=O)(=O)N2CCN(C)C(=O)C2)cc1C. The highest BCUT2D eigenvalue weighted by molar-refractivity contribution is 7.89. The number of piperazine rings is 1. The van der Waals surface area contributed by atoms with Crippen molar-refractivity contribution >= 4 is 21.6 Å². The second-order valence-electron chi connectivity index (χ2n) is 5.13. The summed E-state index contributed by atoms with van der Waals surface area (Å²) in [6.07, 6.45) is 0. The molecule has 6 nitrogen and oxygen atoms in total. The van der Waals surface area contributed by atoms with Crippen molar-refractivity contribution in [1.29, 1.82) is 0 Å². The fourth-order valence-electron chi connectivity index (χ4n) is 2.12. The van der Waals surface area contributed by atoms with Crippen LogP contribution in [0, 0.1) is 13.8 Å². The normalized spacial score (nSPS) is 17.6. The Bertz CT molecular complexity index is 655. The third-order valence-electron chi connectivity index (χ3n) is 3.67. The lowest BCUT2D eigenvalue weighted by atomic mass is 10.1. The number of nitrogens with zero attached hydrogens (tertiary/aromatic N) is 2. The number of amides is 1. The average Bonchev–Trinajstić information content (AvgIpc) is 2.36. The number of carbonyl (C=O) groups excluding carboxylic acids is 1. The van der Waals surface area contributed by atoms with Gasteiger partial charge in [-0.1, -0.05) is 0 Å². The maximum Gasteiger partial charge on any atom is 0.245 e. The number of benzene rings is 1. The predicted octanol–water partition coefficient (Wildman–Crippen LogP) is 0.348. The Morgan fingerprint density at radius 1 is 1.15 bits per heavy atom. The van der Waals surface area contributed by atoms with Crippen LogP contribution in [0.25, 0.3) is 0 Å². The molecular formula is C13H19N3O3S. The molecule has 1 saturated heterocycles. The van der Waals surface area contributed by atoms with E-state index in [0.29, 0.717) is 6.54 Å². The maximum atomic E-state index is 12.6. The molecule has 0 unspecified atom stereocenters. The summed E-state index contributed by atoms with van der Waals surface area (Å²) < 4.78 is 26.4. The molecule has 0 saturated carbocycles. The molecule has 0 aromatic heterocycles. The van der Waals surface area contributed by atoms with E-state index < -0.39 is 10.0 Å². The zero-order chi connectivity index (χ0) is 15.1. The van der Waals surface area contributed by atoms with Gasteiger partial charge in [-0.05, 0) is 37.1 Å². The molecule has 0 radical (unpaired) electrons. The van der Waals surface area contributed by atoms with Crippen LogP contribution in [-0.2, 0) is 14.8 Å². The first kappa shape index (κ1) is 14.8. The Morgan fingerprint density at radius 2 is 1.75 bits per heavy atom. The molecule has 2 N–H and O–H groups in total. The Labute approximate surface area is 119 Å². The monoisotopic (exact) mass is 297 g/mol. The molecule has 7 heteroatoms. The van der Waals surface area contributed by atoms with Gasteiger partial charge in [0.05, 0.1) is 12.2 Å². The fourth-order valence-corrected chi connectivity index (χ4v) is 3.68. The highest BCUT2D eigenvalue weighted by atomic mass is 32.2. The molecule has 0 atom stereocenters. The average molecular weight is 297 g/mol. The smallest absolute Gasteiger partial charge is 0.245 e. The molecule has 0 bridgehead atoms. The molecule has 0 spiro atoms. The lowest BCUT2D eigenvalue weighted by Crippen LogP contribution is -2.50. The second-order valence-corrected chi connectivity index (χ2v) is 7.03. The highest BCUT2D eigenvalue weighted by Crippen LogP contribution is 2.26. The summed E-state index contributed by atoms with van der Waals surface area (Å²) in [5.74, 6) is -0.206. The van der Waals surface area contributed by atoms with Crippen LogP contribution < -0.4 is 5.73 Å². The lowest BCUT2D eigenvalue weighted by molar-refractivity contribution is -0.132. The van der Waals surface area contributed by atoms with Gasteiger partial charge in [0.2, 0.25) is 15.9 Å². The highest BCUT2D eigenvalue weighted by Gasteiger charge is 2.32. The van der Waals surface area contributed by atoms with Gasteiger partial charge in [0.25, 0.3) is 0 Å². The van der Waals surface area contributed by atoms with E-state index in [1.165, 1.54) is 9.21 Å². The van der Waals surface area contributed by atoms with Gasteiger partial charge < -0.3 is 10.6 Å². The fraction of sp³-hybridized carbons (Fsp3) is 0.462. The van der Waals surface area contributed by atoms with E-state index in [1.54, 1.807) is 19.2 Å². The number of rotatable bonds is 2. The summed E-state index contributed by atoms with van der Waals surface area (Å²) in [6.45, 7) is 4.26. The minimum Gasteiger partial charge on any atom is -0.398 e. The van der Waals surface area contributed by atoms with Crippen molar-refractivity contribution in [2.24, 2.45) is 0 Å². The Balaban J connectivity index is 2.41. The van der Waals surface area contributed by atoms with E-state index in [2.05, 4.69) is 0 Å². The summed E-state index contributed by atoms with van der Waals surface area (Å²) in [5, 5.41) is 0. The number of sulfonamides is 1. The second kappa shape index (κ2) is 5.06. The van der Waals surface area contributed by atoms with Crippen LogP contribution in [-0.4, -0.2) is 50.2 Å². The number of likely N-dealkylation sites (N-methyl/N-ethyl adjacent to an activating group) is 1. The van der Waals surface area contributed by atoms with Gasteiger partial charge >= 0.3 is 0 Å². The molecule has 110 valence electrons. The first-order chi connectivity index (χ1) is 9.23. The molecule has 2 rings (SSSR count). The maximum absolute atomic E-state index is 12.6. The zero-order valence-electron chi connectivity index (χ0n) is 11.9. The van der Waals surface area contributed by atoms with Crippen LogP contribution in [0.5, 0.6) is 0 Å². The lowest BCUT2D eigenvalue weighted by Gasteiger charge is -2.31. The summed E-state index contributed by atoms with van der Waals surface area (Å²) in [7, 11) is -2.06. The first-order valence-corrected chi connectivity index (χ1v) is 7.78. The van der Waals surface area contributed by atoms with Gasteiger partial charge in [-0.15, -0.1) is 0 Å². The summed E-state index contributed by atoms with van der Waals surface area (Å²) in [5.41, 5.74) is 7.87. The van der Waals surface area contributed by atoms with Gasteiger partial charge in [0.15, 0.2) is 0 Å². The largest absolute Gasteiger partial charge is 0.398 e. The van der Waals surface area contributed by atoms with Crippen molar-refractivity contribution in [2.45, 2.75) is 18.7 Å². The molecule has 0 aliphatic carbocycles. The molecule has 1 fully saturated rings. The van der Waals surface area contributed by atoms with Crippen molar-refractivity contribution in [3.8, 4) is 0 Å². The van der Waals surface area contributed by atoms with Crippen molar-refractivity contribution in [3.63, 3.8) is 0 Å². The number of carbonyl (C=O) groups is 1. The molecule has 1 aliphatic heterocycles. The van der Waals surface area contributed by atoms with Crippen molar-refractivity contribution < 1.29 is 13.2 Å². The van der Waals surface area contributed by atoms with Gasteiger partial charge in [0.1, 0.15) is 4.90 Å². The van der Waals surface area contributed by atoms with E-state index in [1.807, 2.05) is 13.8 Å². The van der Waals surface area contributed by atoms with Crippen molar-refractivity contribution in [2.75, 3.05) is 32.4 Å². The van der Waals surface area contributed by atoms with Crippen LogP contribution in [0.15, 0.2) is 17.0 Å². The topological polar surface area (TPSA) is 83.7 Å². The number of nitrogens with two attached hydrogens (primary N) is 1. The number of anilines is 1. The summed E-state index contributed by atoms with van der Waals surface area (Å²) in [6, 6.07) is 3.23. The van der Waals surface area contributed by atoms with Crippen LogP contribution in [0.4, 0.5) is 5.69 Å². The third-order valence-corrected chi connectivity index (χ3v) is 5.57. The minimum atomic E-state index is -3.73. The molecule has 1 aromatic rings. The summed E-state index contributed by atoms with van der Waals surface area (Å²) in [4.78, 5) is 13.3. The Kier molecular flexibility index (Phi) is 3.75. The van der Waals surface area contributed by atoms with Gasteiger partial charge in [-0.3, -0.25) is 4.79 Å². The van der Waals surface area contributed by atoms with Crippen LogP contribution in [0.2, 0.25) is 0 Å². The van der Waals surface area contributed by atoms with E-state index >= 15 is 0 Å². The first-order valence-electron chi connectivity index (χ1n) is 6.34. The Morgan fingerprint density at radius 3 is 2.35 bits per heavy atom. The molecular weight excluding hydrogens is 278 g/mol. The molecule has 1 aliphatic rings. The number of hydrogen-bond donors (Lipinski definition) is 1. The zero-order valence-corrected chi connectivity index (χ0v) is 12.7. The van der Waals surface area contributed by atoms with E-state index in [0.717, 1.165) is 11.1 Å².